The Morgan fingerprint density at radius 3 is 2.78 bits per heavy atom. The van der Waals surface area contributed by atoms with E-state index in [0.29, 0.717) is 23.5 Å². The molecule has 2 rings (SSSR count). The molecule has 2 fully saturated rings. The third-order valence-electron chi connectivity index (χ3n) is 4.27. The fourth-order valence-electron chi connectivity index (χ4n) is 3.29. The van der Waals surface area contributed by atoms with Crippen LogP contribution in [0.25, 0.3) is 0 Å². The van der Waals surface area contributed by atoms with Crippen LogP contribution < -0.4 is 5.32 Å². The lowest BCUT2D eigenvalue weighted by Gasteiger charge is -2.27. The van der Waals surface area contributed by atoms with Crippen LogP contribution in [-0.2, 0) is 9.84 Å². The Bertz CT molecular complexity index is 356. The van der Waals surface area contributed by atoms with E-state index in [1.54, 1.807) is 0 Å². The number of rotatable bonds is 4. The molecule has 1 aliphatic carbocycles. The second-order valence-corrected chi connectivity index (χ2v) is 7.96. The lowest BCUT2D eigenvalue weighted by Crippen LogP contribution is -2.40. The maximum absolute atomic E-state index is 11.6. The van der Waals surface area contributed by atoms with Crippen molar-refractivity contribution in [2.75, 3.05) is 37.7 Å². The van der Waals surface area contributed by atoms with Crippen molar-refractivity contribution in [3.05, 3.63) is 0 Å². The highest BCUT2D eigenvalue weighted by molar-refractivity contribution is 7.91. The molecule has 0 spiro atoms. The quantitative estimate of drug-likeness (QED) is 0.827. The molecule has 5 heteroatoms. The van der Waals surface area contributed by atoms with Crippen LogP contribution >= 0.6 is 0 Å². The summed E-state index contributed by atoms with van der Waals surface area (Å²) in [4.78, 5) is 2.37. The minimum atomic E-state index is -2.77. The van der Waals surface area contributed by atoms with Gasteiger partial charge in [-0.3, -0.25) is 0 Å². The summed E-state index contributed by atoms with van der Waals surface area (Å²) < 4.78 is 23.2. The van der Waals surface area contributed by atoms with Crippen LogP contribution in [0.4, 0.5) is 0 Å². The molecule has 4 nitrogen and oxygen atoms in total. The first-order chi connectivity index (χ1) is 8.61. The van der Waals surface area contributed by atoms with Crippen LogP contribution in [-0.4, -0.2) is 57.0 Å². The smallest absolute Gasteiger partial charge is 0.151 e. The molecule has 0 aromatic carbocycles. The van der Waals surface area contributed by atoms with E-state index in [0.717, 1.165) is 32.6 Å². The van der Waals surface area contributed by atoms with Gasteiger partial charge in [0, 0.05) is 19.1 Å². The summed E-state index contributed by atoms with van der Waals surface area (Å²) in [5.41, 5.74) is 0. The van der Waals surface area contributed by atoms with Crippen LogP contribution in [0.15, 0.2) is 0 Å². The zero-order valence-electron chi connectivity index (χ0n) is 11.4. The minimum absolute atomic E-state index is 0.353. The zero-order valence-corrected chi connectivity index (χ0v) is 12.2. The first kappa shape index (κ1) is 14.3. The molecule has 2 atom stereocenters. The second kappa shape index (κ2) is 6.35. The highest BCUT2D eigenvalue weighted by Gasteiger charge is 2.29. The number of hydrogen-bond donors (Lipinski definition) is 1. The lowest BCUT2D eigenvalue weighted by atomic mass is 10.0. The van der Waals surface area contributed by atoms with Crippen LogP contribution in [0.2, 0.25) is 0 Å². The fraction of sp³-hybridized carbons (Fsp3) is 1.00. The van der Waals surface area contributed by atoms with Gasteiger partial charge in [-0.15, -0.1) is 0 Å². The molecule has 2 aliphatic rings. The van der Waals surface area contributed by atoms with Crippen LogP contribution in [0.1, 0.15) is 32.6 Å². The Hall–Kier alpha value is -0.130. The van der Waals surface area contributed by atoms with Gasteiger partial charge >= 0.3 is 0 Å². The lowest BCUT2D eigenvalue weighted by molar-refractivity contribution is 0.227. The Morgan fingerprint density at radius 2 is 2.00 bits per heavy atom. The molecule has 0 radical (unpaired) electrons. The number of nitrogens with zero attached hydrogens (tertiary/aromatic N) is 1. The van der Waals surface area contributed by atoms with Crippen molar-refractivity contribution in [3.63, 3.8) is 0 Å². The van der Waals surface area contributed by atoms with E-state index in [2.05, 4.69) is 17.1 Å². The standard InChI is InChI=1S/C13H26N2O2S/c1-2-14-13-6-3-5-12(13)11-15-7-4-9-18(16,17)10-8-15/h12-14H,2-11H2,1H3. The maximum atomic E-state index is 11.6. The molecule has 1 aliphatic heterocycles. The van der Waals surface area contributed by atoms with Gasteiger partial charge < -0.3 is 10.2 Å². The van der Waals surface area contributed by atoms with Crippen molar-refractivity contribution in [1.82, 2.24) is 10.2 Å². The molecule has 0 bridgehead atoms. The molecule has 0 aromatic heterocycles. The maximum Gasteiger partial charge on any atom is 0.151 e. The van der Waals surface area contributed by atoms with Gasteiger partial charge in [0.2, 0.25) is 0 Å². The normalized spacial score (nSPS) is 33.4. The Morgan fingerprint density at radius 1 is 1.17 bits per heavy atom. The summed E-state index contributed by atoms with van der Waals surface area (Å²) in [6.07, 6.45) is 4.70. The third-order valence-corrected chi connectivity index (χ3v) is 5.98. The molecule has 0 aromatic rings. The Labute approximate surface area is 111 Å². The van der Waals surface area contributed by atoms with Crippen molar-refractivity contribution < 1.29 is 8.42 Å². The van der Waals surface area contributed by atoms with Gasteiger partial charge in [0.05, 0.1) is 11.5 Å². The van der Waals surface area contributed by atoms with Gasteiger partial charge in [0.15, 0.2) is 9.84 Å². The predicted molar refractivity (Wildman–Crippen MR) is 74.5 cm³/mol. The number of sulfone groups is 1. The highest BCUT2D eigenvalue weighted by Crippen LogP contribution is 2.26. The molecule has 0 amide bonds. The summed E-state index contributed by atoms with van der Waals surface area (Å²) in [6, 6.07) is 0.648. The van der Waals surface area contributed by atoms with E-state index >= 15 is 0 Å². The molecule has 1 saturated heterocycles. The number of hydrogen-bond acceptors (Lipinski definition) is 4. The fourth-order valence-corrected chi connectivity index (χ4v) is 4.60. The average molecular weight is 274 g/mol. The molecule has 18 heavy (non-hydrogen) atoms. The predicted octanol–water partition coefficient (Wildman–Crippen LogP) is 0.885. The summed E-state index contributed by atoms with van der Waals surface area (Å²) in [5, 5.41) is 3.57. The van der Waals surface area contributed by atoms with Gasteiger partial charge in [0.25, 0.3) is 0 Å². The second-order valence-electron chi connectivity index (χ2n) is 5.66. The molecule has 1 N–H and O–H groups in total. The zero-order chi connectivity index (χ0) is 13.0. The Balaban J connectivity index is 1.85. The van der Waals surface area contributed by atoms with E-state index in [-0.39, 0.29) is 0 Å². The van der Waals surface area contributed by atoms with Gasteiger partial charge in [-0.2, -0.15) is 0 Å². The van der Waals surface area contributed by atoms with E-state index in [9.17, 15) is 8.42 Å². The number of nitrogens with one attached hydrogen (secondary N) is 1. The van der Waals surface area contributed by atoms with Crippen LogP contribution in [0, 0.1) is 5.92 Å². The summed E-state index contributed by atoms with van der Waals surface area (Å²) in [5.74, 6) is 1.45. The van der Waals surface area contributed by atoms with Gasteiger partial charge in [-0.1, -0.05) is 13.3 Å². The van der Waals surface area contributed by atoms with Crippen molar-refractivity contribution in [3.8, 4) is 0 Å². The first-order valence-electron chi connectivity index (χ1n) is 7.27. The first-order valence-corrected chi connectivity index (χ1v) is 9.09. The average Bonchev–Trinajstić information content (AvgIpc) is 2.66. The summed E-state index contributed by atoms with van der Waals surface area (Å²) in [7, 11) is -2.77. The molecule has 106 valence electrons. The summed E-state index contributed by atoms with van der Waals surface area (Å²) >= 11 is 0. The molecular formula is C13H26N2O2S. The van der Waals surface area contributed by atoms with Gasteiger partial charge in [0.1, 0.15) is 0 Å². The molecule has 1 saturated carbocycles. The SMILES string of the molecule is CCNC1CCCC1CN1CCCS(=O)(=O)CC1. The van der Waals surface area contributed by atoms with Crippen molar-refractivity contribution in [1.29, 1.82) is 0 Å². The van der Waals surface area contributed by atoms with E-state index in [1.807, 2.05) is 0 Å². The monoisotopic (exact) mass is 274 g/mol. The largest absolute Gasteiger partial charge is 0.314 e. The highest BCUT2D eigenvalue weighted by atomic mass is 32.2. The molecular weight excluding hydrogens is 248 g/mol. The van der Waals surface area contributed by atoms with Crippen LogP contribution in [0.3, 0.4) is 0 Å². The van der Waals surface area contributed by atoms with Gasteiger partial charge in [-0.25, -0.2) is 8.42 Å². The summed E-state index contributed by atoms with van der Waals surface area (Å²) in [6.45, 7) is 5.96. The van der Waals surface area contributed by atoms with Crippen molar-refractivity contribution >= 4 is 9.84 Å². The minimum Gasteiger partial charge on any atom is -0.314 e. The van der Waals surface area contributed by atoms with E-state index in [4.69, 9.17) is 0 Å². The van der Waals surface area contributed by atoms with Gasteiger partial charge in [-0.05, 0) is 38.3 Å². The topological polar surface area (TPSA) is 49.4 Å². The Kier molecular flexibility index (Phi) is 5.04. The van der Waals surface area contributed by atoms with E-state index in [1.165, 1.54) is 19.3 Å². The van der Waals surface area contributed by atoms with Crippen molar-refractivity contribution in [2.24, 2.45) is 5.92 Å². The molecule has 1 heterocycles. The van der Waals surface area contributed by atoms with Crippen molar-refractivity contribution in [2.45, 2.75) is 38.6 Å². The third kappa shape index (κ3) is 3.93. The van der Waals surface area contributed by atoms with Crippen LogP contribution in [0.5, 0.6) is 0 Å². The van der Waals surface area contributed by atoms with E-state index < -0.39 is 9.84 Å². The molecule has 2 unspecified atom stereocenters.